The molecule has 10 aromatic carbocycles. The Morgan fingerprint density at radius 1 is 0.507 bits per heavy atom. The van der Waals surface area contributed by atoms with Gasteiger partial charge in [-0.25, -0.2) is 4.98 Å². The molecule has 0 N–H and O–H groups in total. The van der Waals surface area contributed by atoms with Crippen molar-refractivity contribution < 1.29 is 44.1 Å². The Morgan fingerprint density at radius 3 is 1.85 bits per heavy atom. The van der Waals surface area contributed by atoms with Crippen molar-refractivity contribution >= 4 is 32.8 Å². The summed E-state index contributed by atoms with van der Waals surface area (Å²) in [5.74, 6) is 1.45. The molecule has 73 heavy (non-hydrogen) atoms. The number of hydrogen-bond donors (Lipinski definition) is 0. The van der Waals surface area contributed by atoms with Gasteiger partial charge >= 0.3 is 0 Å². The van der Waals surface area contributed by atoms with E-state index >= 15 is 0 Å². The van der Waals surface area contributed by atoms with Crippen molar-refractivity contribution in [1.29, 1.82) is 0 Å². The van der Waals surface area contributed by atoms with Crippen molar-refractivity contribution in [1.82, 2.24) is 14.1 Å². The Morgan fingerprint density at radius 2 is 1.14 bits per heavy atom. The van der Waals surface area contributed by atoms with Gasteiger partial charge in [-0.2, -0.15) is 18.2 Å². The largest absolute Gasteiger partial charge is 0.509 e. The van der Waals surface area contributed by atoms with Gasteiger partial charge in [-0.3, -0.25) is 4.57 Å². The maximum Gasteiger partial charge on any atom is 0.268 e. The van der Waals surface area contributed by atoms with Crippen molar-refractivity contribution in [3.8, 4) is 84.3 Å². The predicted molar refractivity (Wildman–Crippen MR) is 292 cm³/mol. The fraction of sp³-hybridized carbons (Fsp3) is 0.0149. The Hall–Kier alpha value is -8.89. The molecule has 3 heterocycles. The molecule has 350 valence electrons. The number of ether oxygens (including phenoxy) is 1. The molecule has 0 atom stereocenters. The zero-order valence-electron chi connectivity index (χ0n) is 48.9. The minimum absolute atomic E-state index is 0. The van der Waals surface area contributed by atoms with E-state index in [-0.39, 0.29) is 49.0 Å². The van der Waals surface area contributed by atoms with Crippen LogP contribution in [0.4, 0.5) is 0 Å². The van der Waals surface area contributed by atoms with Crippen LogP contribution in [0, 0.1) is 25.4 Å². The van der Waals surface area contributed by atoms with Gasteiger partial charge in [-0.1, -0.05) is 211 Å². The van der Waals surface area contributed by atoms with E-state index in [0.717, 1.165) is 60.8 Å². The Balaban J connectivity index is 0.00000680. The molecular weight excluding hydrogens is 1070 g/mol. The molecule has 0 aliphatic carbocycles. The van der Waals surface area contributed by atoms with Crippen LogP contribution in [0.1, 0.15) is 19.3 Å². The van der Waals surface area contributed by atoms with Gasteiger partial charge in [0.2, 0.25) is 0 Å². The maximum absolute atomic E-state index is 9.13. The van der Waals surface area contributed by atoms with Crippen LogP contribution in [0.25, 0.3) is 106 Å². The van der Waals surface area contributed by atoms with Crippen LogP contribution in [0.5, 0.6) is 11.5 Å². The minimum atomic E-state index is -0.580. The van der Waals surface area contributed by atoms with Crippen molar-refractivity contribution in [2.24, 2.45) is 0 Å². The number of hydrogen-bond acceptors (Lipinski definition) is 2. The Bertz CT molecular complexity index is 4600. The number of pyridine rings is 1. The van der Waals surface area contributed by atoms with Crippen LogP contribution < -0.4 is 9.30 Å². The van der Waals surface area contributed by atoms with Gasteiger partial charge in [0.1, 0.15) is 5.82 Å². The molecule has 13 rings (SSSR count). The Kier molecular flexibility index (Phi) is 9.35. The minimum Gasteiger partial charge on any atom is -0.509 e. The van der Waals surface area contributed by atoms with Gasteiger partial charge in [-0.15, -0.1) is 23.6 Å². The molecule has 0 saturated heterocycles. The maximum atomic E-state index is 9.13. The molecule has 0 aliphatic rings. The summed E-state index contributed by atoms with van der Waals surface area (Å²) in [6, 6.07) is 60.8. The standard InChI is InChI=1S/C67H44N4O.Pt/c1-46-57(50-28-12-5-13-29-50)40-51(47-22-6-2-7-23-47)41-58(46)60-43-59-56-32-14-15-35-61(56)71(66-38-18-19-39-68-66)64(59)44-65(60)72-53-31-20-30-52(42-53)69-45-70(63-37-17-16-36-62(63)69)67-54(48-24-8-3-9-25-48)33-21-34-55(67)49-26-10-4-11-27-49;/h2-41,43H,1H3;/q-2;/i3D,4D,8D,9D,10D,11D,24D,25D,26D,27D;. The fourth-order valence-electron chi connectivity index (χ4n) is 9.73. The summed E-state index contributed by atoms with van der Waals surface area (Å²) in [6.07, 6.45) is 5.23. The predicted octanol–water partition coefficient (Wildman–Crippen LogP) is 16.2. The van der Waals surface area contributed by atoms with Gasteiger partial charge in [0.05, 0.1) is 30.4 Å². The van der Waals surface area contributed by atoms with E-state index in [4.69, 9.17) is 23.4 Å². The molecule has 13 aromatic rings. The number of imidazole rings is 1. The number of aromatic nitrogens is 4. The molecule has 6 heteroatoms. The quantitative estimate of drug-likeness (QED) is 0.101. The zero-order valence-corrected chi connectivity index (χ0v) is 41.2. The molecule has 0 unspecified atom stereocenters. The summed E-state index contributed by atoms with van der Waals surface area (Å²) in [4.78, 5) is 4.80. The van der Waals surface area contributed by atoms with Gasteiger partial charge in [0.15, 0.2) is 0 Å². The van der Waals surface area contributed by atoms with E-state index in [1.165, 1.54) is 0 Å². The third-order valence-corrected chi connectivity index (χ3v) is 13.0. The number of benzene rings is 10. The summed E-state index contributed by atoms with van der Waals surface area (Å²) in [6.45, 7) is 2.13. The second-order valence-electron chi connectivity index (χ2n) is 17.2. The van der Waals surface area contributed by atoms with E-state index in [1.54, 1.807) is 33.5 Å². The van der Waals surface area contributed by atoms with Crippen LogP contribution in [-0.4, -0.2) is 14.1 Å². The summed E-state index contributed by atoms with van der Waals surface area (Å²) < 4.78 is 101. The third-order valence-electron chi connectivity index (χ3n) is 13.0. The molecule has 0 radical (unpaired) electrons. The number of rotatable bonds is 10. The molecule has 0 bridgehead atoms. The number of fused-ring (bicyclic) bond motifs is 4. The van der Waals surface area contributed by atoms with E-state index in [9.17, 15) is 0 Å². The van der Waals surface area contributed by atoms with E-state index in [2.05, 4.69) is 84.5 Å². The van der Waals surface area contributed by atoms with Gasteiger partial charge in [-0.05, 0) is 92.3 Å². The average molecular weight is 1130 g/mol. The summed E-state index contributed by atoms with van der Waals surface area (Å²) >= 11 is 0. The molecule has 0 amide bonds. The molecule has 3 aromatic heterocycles. The second-order valence-corrected chi connectivity index (χ2v) is 17.2. The normalized spacial score (nSPS) is 13.2. The van der Waals surface area contributed by atoms with E-state index in [0.29, 0.717) is 34.0 Å². The summed E-state index contributed by atoms with van der Waals surface area (Å²) in [7, 11) is 0. The van der Waals surface area contributed by atoms with Crippen molar-refractivity contribution in [2.75, 3.05) is 0 Å². The van der Waals surface area contributed by atoms with Gasteiger partial charge in [0, 0.05) is 44.3 Å². The molecule has 0 spiro atoms. The van der Waals surface area contributed by atoms with Crippen molar-refractivity contribution in [3.63, 3.8) is 0 Å². The summed E-state index contributed by atoms with van der Waals surface area (Å²) in [5, 5.41) is 1.95. The second kappa shape index (κ2) is 19.4. The van der Waals surface area contributed by atoms with Gasteiger partial charge in [0.25, 0.3) is 6.33 Å². The van der Waals surface area contributed by atoms with Crippen LogP contribution in [0.2, 0.25) is 0 Å². The molecule has 0 fully saturated rings. The average Bonchev–Trinajstić information content (AvgIpc) is 2.77. The zero-order chi connectivity index (χ0) is 56.7. The topological polar surface area (TPSA) is 35.9 Å². The first kappa shape index (κ1) is 35.2. The van der Waals surface area contributed by atoms with Crippen molar-refractivity contribution in [2.45, 2.75) is 6.92 Å². The molecule has 5 nitrogen and oxygen atoms in total. The first-order valence-corrected chi connectivity index (χ1v) is 23.4. The van der Waals surface area contributed by atoms with Gasteiger partial charge < -0.3 is 13.9 Å². The first-order valence-electron chi connectivity index (χ1n) is 28.4. The number of para-hydroxylation sites is 4. The molecule has 0 saturated carbocycles. The summed E-state index contributed by atoms with van der Waals surface area (Å²) in [5.41, 5.74) is 10.3. The van der Waals surface area contributed by atoms with Crippen LogP contribution in [0.15, 0.2) is 249 Å². The molecular formula is C67H44N4OPt-2. The van der Waals surface area contributed by atoms with Crippen molar-refractivity contribution in [3.05, 3.63) is 273 Å². The van der Waals surface area contributed by atoms with E-state index < -0.39 is 60.4 Å². The van der Waals surface area contributed by atoms with Crippen LogP contribution in [0.3, 0.4) is 0 Å². The molecule has 0 aliphatic heterocycles. The Labute approximate surface area is 452 Å². The third kappa shape index (κ3) is 8.24. The smallest absolute Gasteiger partial charge is 0.268 e. The number of nitrogens with zero attached hydrogens (tertiary/aromatic N) is 4. The SMILES string of the molecule is [2H]c1c([2H])c([2H])c(-c2cccc(-c3c([2H])c([2H])c([2H])c([2H])c3[2H])c2-[n+]2[c-]n(-c3[c-]c(Oc4[c-]c5c(cc4-c4cc(-c6ccccc6)cc(-c6ccccc6)c4C)c4ccccc4n5-c4ccccn4)ccc3)c3ccccc32)c([2H])c1[2H].[Pt]. The monoisotopic (exact) mass is 1130 g/mol. The van der Waals surface area contributed by atoms with Crippen LogP contribution >= 0.6 is 0 Å². The first-order chi connectivity index (χ1) is 39.8. The fourth-order valence-corrected chi connectivity index (χ4v) is 9.73. The van der Waals surface area contributed by atoms with E-state index in [1.807, 2.05) is 109 Å². The van der Waals surface area contributed by atoms with Crippen LogP contribution in [-0.2, 0) is 21.1 Å².